The number of hydrazone groups is 1. The minimum absolute atomic E-state index is 0.574. The summed E-state index contributed by atoms with van der Waals surface area (Å²) in [5.74, 6) is 0. The normalized spacial score (nSPS) is 23.6. The maximum atomic E-state index is 3.79. The Morgan fingerprint density at radius 3 is 2.38 bits per heavy atom. The van der Waals surface area contributed by atoms with Gasteiger partial charge in [-0.15, -0.1) is 0 Å². The second kappa shape index (κ2) is 4.62. The quantitative estimate of drug-likeness (QED) is 0.505. The van der Waals surface area contributed by atoms with Crippen molar-refractivity contribution in [2.45, 2.75) is 33.2 Å². The first-order valence-electron chi connectivity index (χ1n) is 3.16. The van der Waals surface area contributed by atoms with Crippen LogP contribution in [0, 0.1) is 0 Å². The SMILES string of the molecule is CC.CC1CC=NN1. The molecule has 0 amide bonds. The van der Waals surface area contributed by atoms with Crippen molar-refractivity contribution in [2.75, 3.05) is 0 Å². The predicted molar refractivity (Wildman–Crippen MR) is 37.1 cm³/mol. The van der Waals surface area contributed by atoms with Gasteiger partial charge in [-0.3, -0.25) is 0 Å². The standard InChI is InChI=1S/C4H8N2.C2H6/c1-4-2-3-5-6-4;1-2/h3-4,6H,2H2,1H3;1-2H3. The van der Waals surface area contributed by atoms with Crippen LogP contribution >= 0.6 is 0 Å². The summed E-state index contributed by atoms with van der Waals surface area (Å²) >= 11 is 0. The van der Waals surface area contributed by atoms with Gasteiger partial charge in [0, 0.05) is 18.7 Å². The number of rotatable bonds is 0. The van der Waals surface area contributed by atoms with Crippen LogP contribution in [0.5, 0.6) is 0 Å². The first-order chi connectivity index (χ1) is 3.89. The lowest BCUT2D eigenvalue weighted by molar-refractivity contribution is 0.636. The molecule has 0 aromatic rings. The molecule has 0 radical (unpaired) electrons. The Labute approximate surface area is 51.0 Å². The van der Waals surface area contributed by atoms with E-state index in [1.54, 1.807) is 0 Å². The van der Waals surface area contributed by atoms with E-state index in [4.69, 9.17) is 0 Å². The second-order valence-corrected chi connectivity index (χ2v) is 1.58. The van der Waals surface area contributed by atoms with Gasteiger partial charge in [0.25, 0.3) is 0 Å². The van der Waals surface area contributed by atoms with E-state index in [1.165, 1.54) is 0 Å². The number of nitrogens with zero attached hydrogens (tertiary/aromatic N) is 1. The monoisotopic (exact) mass is 114 g/mol. The number of hydrogen-bond acceptors (Lipinski definition) is 2. The van der Waals surface area contributed by atoms with Crippen molar-refractivity contribution in [1.29, 1.82) is 0 Å². The molecule has 1 N–H and O–H groups in total. The smallest absolute Gasteiger partial charge is 0.0461 e. The van der Waals surface area contributed by atoms with Gasteiger partial charge in [-0.2, -0.15) is 5.10 Å². The molecule has 0 saturated carbocycles. The van der Waals surface area contributed by atoms with Gasteiger partial charge < -0.3 is 5.43 Å². The fourth-order valence-electron chi connectivity index (χ4n) is 0.443. The number of hydrogen-bond donors (Lipinski definition) is 1. The minimum Gasteiger partial charge on any atom is -0.307 e. The molecule has 2 nitrogen and oxygen atoms in total. The molecule has 0 aromatic heterocycles. The zero-order valence-electron chi connectivity index (χ0n) is 5.81. The molecule has 1 aliphatic rings. The molecule has 0 bridgehead atoms. The molecule has 1 atom stereocenters. The van der Waals surface area contributed by atoms with Gasteiger partial charge in [0.2, 0.25) is 0 Å². The molecule has 0 aromatic carbocycles. The van der Waals surface area contributed by atoms with Crippen LogP contribution in [0.1, 0.15) is 27.2 Å². The van der Waals surface area contributed by atoms with Gasteiger partial charge in [0.05, 0.1) is 0 Å². The van der Waals surface area contributed by atoms with Gasteiger partial charge in [-0.25, -0.2) is 0 Å². The highest BCUT2D eigenvalue weighted by Crippen LogP contribution is 1.91. The lowest BCUT2D eigenvalue weighted by Crippen LogP contribution is -2.12. The fraction of sp³-hybridized carbons (Fsp3) is 0.833. The average Bonchev–Trinajstić information content (AvgIpc) is 2.24. The van der Waals surface area contributed by atoms with Crippen LogP contribution in [0.4, 0.5) is 0 Å². The van der Waals surface area contributed by atoms with E-state index < -0.39 is 0 Å². The van der Waals surface area contributed by atoms with Crippen molar-refractivity contribution in [3.63, 3.8) is 0 Å². The molecule has 1 unspecified atom stereocenters. The molecule has 0 fully saturated rings. The molecule has 1 aliphatic heterocycles. The van der Waals surface area contributed by atoms with Gasteiger partial charge in [-0.05, 0) is 6.92 Å². The van der Waals surface area contributed by atoms with Gasteiger partial charge in [0.1, 0.15) is 0 Å². The summed E-state index contributed by atoms with van der Waals surface area (Å²) in [6, 6.07) is 0.574. The maximum absolute atomic E-state index is 3.79. The maximum Gasteiger partial charge on any atom is 0.0461 e. The fourth-order valence-corrected chi connectivity index (χ4v) is 0.443. The third-order valence-electron chi connectivity index (χ3n) is 0.845. The molecule has 2 heteroatoms. The van der Waals surface area contributed by atoms with Crippen LogP contribution in [-0.4, -0.2) is 12.3 Å². The summed E-state index contributed by atoms with van der Waals surface area (Å²) in [7, 11) is 0. The Morgan fingerprint density at radius 1 is 1.62 bits per heavy atom. The Hall–Kier alpha value is -0.530. The largest absolute Gasteiger partial charge is 0.307 e. The molecule has 0 aliphatic carbocycles. The highest BCUT2D eigenvalue weighted by atomic mass is 15.3. The average molecular weight is 114 g/mol. The van der Waals surface area contributed by atoms with E-state index in [9.17, 15) is 0 Å². The lowest BCUT2D eigenvalue weighted by atomic mass is 10.3. The number of nitrogens with one attached hydrogen (secondary N) is 1. The Balaban J connectivity index is 0.000000222. The third-order valence-corrected chi connectivity index (χ3v) is 0.845. The zero-order valence-corrected chi connectivity index (χ0v) is 5.81. The first kappa shape index (κ1) is 7.47. The molecular weight excluding hydrogens is 100 g/mol. The van der Waals surface area contributed by atoms with E-state index in [2.05, 4.69) is 17.5 Å². The summed E-state index contributed by atoms with van der Waals surface area (Å²) < 4.78 is 0. The van der Waals surface area contributed by atoms with E-state index in [0.29, 0.717) is 6.04 Å². The first-order valence-corrected chi connectivity index (χ1v) is 3.16. The molecule has 1 rings (SSSR count). The van der Waals surface area contributed by atoms with Crippen molar-refractivity contribution in [2.24, 2.45) is 5.10 Å². The van der Waals surface area contributed by atoms with Crippen LogP contribution < -0.4 is 5.43 Å². The van der Waals surface area contributed by atoms with Gasteiger partial charge >= 0.3 is 0 Å². The summed E-state index contributed by atoms with van der Waals surface area (Å²) in [6.07, 6.45) is 2.98. The third kappa shape index (κ3) is 2.61. The summed E-state index contributed by atoms with van der Waals surface area (Å²) in [6.45, 7) is 6.10. The van der Waals surface area contributed by atoms with Gasteiger partial charge in [0.15, 0.2) is 0 Å². The molecular formula is C6H14N2. The Bertz CT molecular complexity index is 60.9. The zero-order chi connectivity index (χ0) is 6.41. The highest BCUT2D eigenvalue weighted by molar-refractivity contribution is 5.59. The Kier molecular flexibility index (Phi) is 4.32. The molecule has 1 heterocycles. The van der Waals surface area contributed by atoms with Crippen molar-refractivity contribution >= 4 is 6.21 Å². The van der Waals surface area contributed by atoms with E-state index >= 15 is 0 Å². The van der Waals surface area contributed by atoms with Crippen molar-refractivity contribution < 1.29 is 0 Å². The van der Waals surface area contributed by atoms with Crippen LogP contribution in [0.3, 0.4) is 0 Å². The van der Waals surface area contributed by atoms with Crippen molar-refractivity contribution in [3.8, 4) is 0 Å². The minimum atomic E-state index is 0.574. The summed E-state index contributed by atoms with van der Waals surface area (Å²) in [5, 5.41) is 3.79. The molecule has 48 valence electrons. The van der Waals surface area contributed by atoms with E-state index in [-0.39, 0.29) is 0 Å². The lowest BCUT2D eigenvalue weighted by Gasteiger charge is -1.94. The van der Waals surface area contributed by atoms with Gasteiger partial charge in [-0.1, -0.05) is 13.8 Å². The van der Waals surface area contributed by atoms with Crippen molar-refractivity contribution in [1.82, 2.24) is 5.43 Å². The van der Waals surface area contributed by atoms with Crippen LogP contribution in [0.2, 0.25) is 0 Å². The predicted octanol–water partition coefficient (Wildman–Crippen LogP) is 1.38. The van der Waals surface area contributed by atoms with Crippen LogP contribution in [0.25, 0.3) is 0 Å². The van der Waals surface area contributed by atoms with Crippen LogP contribution in [0.15, 0.2) is 5.10 Å². The van der Waals surface area contributed by atoms with Crippen molar-refractivity contribution in [3.05, 3.63) is 0 Å². The summed E-state index contributed by atoms with van der Waals surface area (Å²) in [5.41, 5.74) is 2.89. The van der Waals surface area contributed by atoms with Crippen LogP contribution in [-0.2, 0) is 0 Å². The van der Waals surface area contributed by atoms with E-state index in [1.807, 2.05) is 20.1 Å². The molecule has 0 saturated heterocycles. The second-order valence-electron chi connectivity index (χ2n) is 1.58. The Morgan fingerprint density at radius 2 is 2.25 bits per heavy atom. The molecule has 0 spiro atoms. The highest BCUT2D eigenvalue weighted by Gasteiger charge is 1.99. The molecule has 8 heavy (non-hydrogen) atoms. The van der Waals surface area contributed by atoms with E-state index in [0.717, 1.165) is 6.42 Å². The summed E-state index contributed by atoms with van der Waals surface area (Å²) in [4.78, 5) is 0. The topological polar surface area (TPSA) is 24.4 Å².